The second-order valence-corrected chi connectivity index (χ2v) is 4.99. The normalized spacial score (nSPS) is 25.1. The molecule has 0 aromatic rings. The molecule has 0 heterocycles. The molecule has 0 spiro atoms. The topological polar surface area (TPSA) is 92.4 Å². The fourth-order valence-corrected chi connectivity index (χ4v) is 2.33. The highest BCUT2D eigenvalue weighted by Crippen LogP contribution is 2.34. The molecular weight excluding hydrogens is 208 g/mol. The summed E-state index contributed by atoms with van der Waals surface area (Å²) in [5.74, 6) is -1.13. The van der Waals surface area contributed by atoms with Crippen molar-refractivity contribution in [2.75, 3.05) is 0 Å². The van der Waals surface area contributed by atoms with Crippen LogP contribution in [0.15, 0.2) is 0 Å². The van der Waals surface area contributed by atoms with E-state index in [1.807, 2.05) is 0 Å². The lowest BCUT2D eigenvalue weighted by molar-refractivity contribution is -0.143. The summed E-state index contributed by atoms with van der Waals surface area (Å²) in [4.78, 5) is 22.9. The van der Waals surface area contributed by atoms with Crippen LogP contribution < -0.4 is 11.1 Å². The third kappa shape index (κ3) is 2.19. The largest absolute Gasteiger partial charge is 0.480 e. The number of carbonyl (C=O) groups is 2. The molecule has 2 rings (SSSR count). The Bertz CT molecular complexity index is 306. The van der Waals surface area contributed by atoms with E-state index in [4.69, 9.17) is 10.8 Å². The van der Waals surface area contributed by atoms with Gasteiger partial charge in [-0.25, -0.2) is 4.79 Å². The van der Waals surface area contributed by atoms with Crippen molar-refractivity contribution < 1.29 is 14.7 Å². The Morgan fingerprint density at radius 2 is 1.88 bits per heavy atom. The Hall–Kier alpha value is -1.10. The van der Waals surface area contributed by atoms with Crippen molar-refractivity contribution in [2.45, 2.75) is 50.1 Å². The highest BCUT2D eigenvalue weighted by molar-refractivity contribution is 5.90. The Morgan fingerprint density at radius 3 is 2.31 bits per heavy atom. The van der Waals surface area contributed by atoms with E-state index in [1.165, 1.54) is 0 Å². The molecule has 0 aliphatic heterocycles. The van der Waals surface area contributed by atoms with Gasteiger partial charge in [0, 0.05) is 0 Å². The van der Waals surface area contributed by atoms with Crippen molar-refractivity contribution in [2.24, 2.45) is 11.7 Å². The van der Waals surface area contributed by atoms with Crippen molar-refractivity contribution in [3.63, 3.8) is 0 Å². The van der Waals surface area contributed by atoms with Gasteiger partial charge in [-0.1, -0.05) is 12.8 Å². The molecule has 90 valence electrons. The molecule has 2 saturated carbocycles. The first kappa shape index (κ1) is 11.4. The molecule has 2 fully saturated rings. The summed E-state index contributed by atoms with van der Waals surface area (Å²) in [5.41, 5.74) is 5.14. The minimum absolute atomic E-state index is 0.103. The second-order valence-electron chi connectivity index (χ2n) is 4.99. The van der Waals surface area contributed by atoms with Gasteiger partial charge in [0.25, 0.3) is 0 Å². The van der Waals surface area contributed by atoms with Gasteiger partial charge in [0.05, 0.1) is 5.54 Å². The molecule has 2 aliphatic rings. The van der Waals surface area contributed by atoms with Crippen LogP contribution in [-0.4, -0.2) is 28.6 Å². The van der Waals surface area contributed by atoms with Gasteiger partial charge >= 0.3 is 5.97 Å². The maximum absolute atomic E-state index is 11.9. The van der Waals surface area contributed by atoms with Crippen LogP contribution in [0.1, 0.15) is 38.5 Å². The smallest absolute Gasteiger partial charge is 0.326 e. The van der Waals surface area contributed by atoms with Gasteiger partial charge in [0.15, 0.2) is 0 Å². The Kier molecular flexibility index (Phi) is 2.88. The van der Waals surface area contributed by atoms with Gasteiger partial charge in [-0.2, -0.15) is 0 Å². The van der Waals surface area contributed by atoms with Crippen molar-refractivity contribution in [1.82, 2.24) is 5.32 Å². The number of hydrogen-bond acceptors (Lipinski definition) is 3. The number of carboxylic acid groups (broad SMARTS) is 1. The van der Waals surface area contributed by atoms with Gasteiger partial charge in [-0.15, -0.1) is 0 Å². The van der Waals surface area contributed by atoms with E-state index >= 15 is 0 Å². The molecule has 1 amide bonds. The molecule has 0 aromatic heterocycles. The van der Waals surface area contributed by atoms with Crippen LogP contribution in [-0.2, 0) is 9.59 Å². The van der Waals surface area contributed by atoms with Crippen LogP contribution in [0, 0.1) is 5.92 Å². The SMILES string of the molecule is NC1(C(=O)NC(C(=O)O)C2CC2)CCCC1. The fourth-order valence-electron chi connectivity index (χ4n) is 2.33. The number of aliphatic carboxylic acids is 1. The molecule has 1 unspecified atom stereocenters. The maximum atomic E-state index is 11.9. The molecule has 0 radical (unpaired) electrons. The molecule has 5 nitrogen and oxygen atoms in total. The lowest BCUT2D eigenvalue weighted by Gasteiger charge is -2.24. The molecule has 1 atom stereocenters. The summed E-state index contributed by atoms with van der Waals surface area (Å²) in [6.45, 7) is 0. The first-order chi connectivity index (χ1) is 7.53. The van der Waals surface area contributed by atoms with E-state index in [-0.39, 0.29) is 11.8 Å². The van der Waals surface area contributed by atoms with E-state index in [0.29, 0.717) is 12.8 Å². The van der Waals surface area contributed by atoms with Crippen LogP contribution in [0.25, 0.3) is 0 Å². The minimum atomic E-state index is -0.947. The molecule has 16 heavy (non-hydrogen) atoms. The summed E-state index contributed by atoms with van der Waals surface area (Å²) < 4.78 is 0. The predicted molar refractivity (Wildman–Crippen MR) is 57.7 cm³/mol. The standard InChI is InChI=1S/C11H18N2O3/c12-11(5-1-2-6-11)10(16)13-8(9(14)15)7-3-4-7/h7-8H,1-6,12H2,(H,13,16)(H,14,15). The number of rotatable bonds is 4. The zero-order chi connectivity index (χ0) is 11.8. The summed E-state index contributed by atoms with van der Waals surface area (Å²) >= 11 is 0. The average Bonchev–Trinajstić information content (AvgIpc) is 2.96. The fraction of sp³-hybridized carbons (Fsp3) is 0.818. The number of carboxylic acids is 1. The van der Waals surface area contributed by atoms with Crippen LogP contribution in [0.3, 0.4) is 0 Å². The zero-order valence-electron chi connectivity index (χ0n) is 9.24. The van der Waals surface area contributed by atoms with Crippen molar-refractivity contribution in [3.8, 4) is 0 Å². The third-order valence-electron chi connectivity index (χ3n) is 3.59. The molecule has 4 N–H and O–H groups in total. The highest BCUT2D eigenvalue weighted by Gasteiger charge is 2.42. The van der Waals surface area contributed by atoms with Gasteiger partial charge in [0.2, 0.25) is 5.91 Å². The van der Waals surface area contributed by atoms with Gasteiger partial charge < -0.3 is 16.2 Å². The summed E-state index contributed by atoms with van der Waals surface area (Å²) in [5, 5.41) is 11.6. The first-order valence-corrected chi connectivity index (χ1v) is 5.85. The monoisotopic (exact) mass is 226 g/mol. The van der Waals surface area contributed by atoms with Crippen LogP contribution in [0.2, 0.25) is 0 Å². The van der Waals surface area contributed by atoms with E-state index in [9.17, 15) is 9.59 Å². The summed E-state index contributed by atoms with van der Waals surface area (Å²) in [6, 6.07) is -0.742. The number of carbonyl (C=O) groups excluding carboxylic acids is 1. The Morgan fingerprint density at radius 1 is 1.31 bits per heavy atom. The van der Waals surface area contributed by atoms with Crippen molar-refractivity contribution in [1.29, 1.82) is 0 Å². The van der Waals surface area contributed by atoms with Crippen molar-refractivity contribution in [3.05, 3.63) is 0 Å². The third-order valence-corrected chi connectivity index (χ3v) is 3.59. The number of hydrogen-bond donors (Lipinski definition) is 3. The van der Waals surface area contributed by atoms with Crippen molar-refractivity contribution >= 4 is 11.9 Å². The number of nitrogens with one attached hydrogen (secondary N) is 1. The molecule has 0 bridgehead atoms. The first-order valence-electron chi connectivity index (χ1n) is 5.85. The Labute approximate surface area is 94.4 Å². The molecule has 5 heteroatoms. The molecular formula is C11H18N2O3. The maximum Gasteiger partial charge on any atom is 0.326 e. The average molecular weight is 226 g/mol. The second kappa shape index (κ2) is 4.05. The quantitative estimate of drug-likeness (QED) is 0.640. The Balaban J connectivity index is 1.97. The van der Waals surface area contributed by atoms with Gasteiger partial charge in [0.1, 0.15) is 6.04 Å². The molecule has 0 aromatic carbocycles. The number of nitrogens with two attached hydrogens (primary N) is 1. The lowest BCUT2D eigenvalue weighted by atomic mass is 9.97. The predicted octanol–water partition coefficient (Wildman–Crippen LogP) is 0.237. The number of amides is 1. The lowest BCUT2D eigenvalue weighted by Crippen LogP contribution is -2.56. The van der Waals surface area contributed by atoms with Gasteiger partial charge in [-0.05, 0) is 31.6 Å². The molecule has 2 aliphatic carbocycles. The summed E-state index contributed by atoms with van der Waals surface area (Å²) in [7, 11) is 0. The zero-order valence-corrected chi connectivity index (χ0v) is 9.24. The van der Waals surface area contributed by atoms with Crippen LogP contribution in [0.4, 0.5) is 0 Å². The molecule has 0 saturated heterocycles. The van der Waals surface area contributed by atoms with E-state index < -0.39 is 17.6 Å². The van der Waals surface area contributed by atoms with E-state index in [1.54, 1.807) is 0 Å². The van der Waals surface area contributed by atoms with E-state index in [2.05, 4.69) is 5.32 Å². The minimum Gasteiger partial charge on any atom is -0.480 e. The highest BCUT2D eigenvalue weighted by atomic mass is 16.4. The van der Waals surface area contributed by atoms with E-state index in [0.717, 1.165) is 25.7 Å². The summed E-state index contributed by atoms with van der Waals surface area (Å²) in [6.07, 6.45) is 4.99. The van der Waals surface area contributed by atoms with Crippen LogP contribution >= 0.6 is 0 Å². The van der Waals surface area contributed by atoms with Crippen LogP contribution in [0.5, 0.6) is 0 Å². The van der Waals surface area contributed by atoms with Gasteiger partial charge in [-0.3, -0.25) is 4.79 Å².